The first kappa shape index (κ1) is 16.9. The van der Waals surface area contributed by atoms with Gasteiger partial charge in [0, 0.05) is 5.38 Å². The standard InChI is InChI=1S/C16H10F3N3O2S/c17-16(18,19)13-8-11(7-6-10-4-2-1-3-5-10)21-22(13)15-20-12(9-25-15)14(23)24/h1-9H,(H,23,24). The molecular formula is C16H10F3N3O2S. The highest BCUT2D eigenvalue weighted by Gasteiger charge is 2.36. The van der Waals surface area contributed by atoms with Crippen LogP contribution in [0.2, 0.25) is 0 Å². The van der Waals surface area contributed by atoms with Crippen LogP contribution in [0.4, 0.5) is 13.2 Å². The first-order chi connectivity index (χ1) is 11.8. The number of hydrogen-bond acceptors (Lipinski definition) is 4. The number of thiazole rings is 1. The number of hydrogen-bond donors (Lipinski definition) is 1. The molecule has 0 saturated heterocycles. The zero-order chi connectivity index (χ0) is 18.0. The molecule has 0 aliphatic heterocycles. The van der Waals surface area contributed by atoms with E-state index in [1.807, 2.05) is 18.2 Å². The Hall–Kier alpha value is -2.94. The van der Waals surface area contributed by atoms with E-state index in [-0.39, 0.29) is 16.5 Å². The Morgan fingerprint density at radius 3 is 2.52 bits per heavy atom. The van der Waals surface area contributed by atoms with Crippen LogP contribution in [0.5, 0.6) is 0 Å². The van der Waals surface area contributed by atoms with Gasteiger partial charge in [-0.15, -0.1) is 11.3 Å². The summed E-state index contributed by atoms with van der Waals surface area (Å²) in [6.45, 7) is 0. The van der Waals surface area contributed by atoms with Gasteiger partial charge in [-0.1, -0.05) is 36.4 Å². The average Bonchev–Trinajstić information content (AvgIpc) is 3.20. The first-order valence-corrected chi connectivity index (χ1v) is 7.82. The van der Waals surface area contributed by atoms with Crippen LogP contribution in [0.1, 0.15) is 27.4 Å². The summed E-state index contributed by atoms with van der Waals surface area (Å²) in [7, 11) is 0. The number of aromatic carboxylic acids is 1. The molecular weight excluding hydrogens is 355 g/mol. The molecule has 0 atom stereocenters. The van der Waals surface area contributed by atoms with Crippen molar-refractivity contribution in [3.05, 3.63) is 64.4 Å². The molecule has 0 amide bonds. The smallest absolute Gasteiger partial charge is 0.433 e. The lowest BCUT2D eigenvalue weighted by molar-refractivity contribution is -0.142. The Labute approximate surface area is 143 Å². The highest BCUT2D eigenvalue weighted by Crippen LogP contribution is 2.32. The Balaban J connectivity index is 2.01. The van der Waals surface area contributed by atoms with Crippen molar-refractivity contribution in [2.75, 3.05) is 0 Å². The van der Waals surface area contributed by atoms with Crippen molar-refractivity contribution in [1.29, 1.82) is 0 Å². The van der Waals surface area contributed by atoms with E-state index in [4.69, 9.17) is 5.11 Å². The van der Waals surface area contributed by atoms with Gasteiger partial charge in [0.1, 0.15) is 0 Å². The third-order valence-corrected chi connectivity index (χ3v) is 3.97. The van der Waals surface area contributed by atoms with Crippen LogP contribution in [-0.4, -0.2) is 25.8 Å². The molecule has 2 aromatic heterocycles. The van der Waals surface area contributed by atoms with Gasteiger partial charge in [-0.3, -0.25) is 0 Å². The van der Waals surface area contributed by atoms with E-state index in [1.165, 1.54) is 11.5 Å². The average molecular weight is 365 g/mol. The van der Waals surface area contributed by atoms with Crippen LogP contribution in [0.25, 0.3) is 17.3 Å². The van der Waals surface area contributed by atoms with Crippen molar-refractivity contribution in [2.24, 2.45) is 0 Å². The third-order valence-electron chi connectivity index (χ3n) is 3.16. The molecule has 3 rings (SSSR count). The maximum atomic E-state index is 13.3. The summed E-state index contributed by atoms with van der Waals surface area (Å²) in [6.07, 6.45) is -1.56. The van der Waals surface area contributed by atoms with Gasteiger partial charge in [-0.2, -0.15) is 18.3 Å². The van der Waals surface area contributed by atoms with Gasteiger partial charge >= 0.3 is 12.1 Å². The van der Waals surface area contributed by atoms with Crippen LogP contribution < -0.4 is 0 Å². The van der Waals surface area contributed by atoms with E-state index in [0.717, 1.165) is 23.0 Å². The maximum Gasteiger partial charge on any atom is 0.433 e. The minimum absolute atomic E-state index is 0.0863. The molecule has 1 aromatic carbocycles. The van der Waals surface area contributed by atoms with Crippen molar-refractivity contribution in [2.45, 2.75) is 6.18 Å². The predicted octanol–water partition coefficient (Wildman–Crippen LogP) is 4.22. The zero-order valence-electron chi connectivity index (χ0n) is 12.4. The third kappa shape index (κ3) is 3.77. The fraction of sp³-hybridized carbons (Fsp3) is 0.0625. The van der Waals surface area contributed by atoms with Crippen LogP contribution in [0.3, 0.4) is 0 Å². The lowest BCUT2D eigenvalue weighted by Crippen LogP contribution is -2.13. The lowest BCUT2D eigenvalue weighted by atomic mass is 10.2. The van der Waals surface area contributed by atoms with Crippen molar-refractivity contribution < 1.29 is 23.1 Å². The van der Waals surface area contributed by atoms with E-state index >= 15 is 0 Å². The van der Waals surface area contributed by atoms with E-state index in [0.29, 0.717) is 4.68 Å². The molecule has 0 aliphatic rings. The second-order valence-corrected chi connectivity index (χ2v) is 5.77. The summed E-state index contributed by atoms with van der Waals surface area (Å²) in [4.78, 5) is 14.6. The largest absolute Gasteiger partial charge is 0.476 e. The molecule has 0 spiro atoms. The van der Waals surface area contributed by atoms with E-state index in [2.05, 4.69) is 10.1 Å². The molecule has 0 aliphatic carbocycles. The summed E-state index contributed by atoms with van der Waals surface area (Å²) in [5.74, 6) is -1.31. The SMILES string of the molecule is O=C(O)c1csc(-n2nc(C=Cc3ccccc3)cc2C(F)(F)F)n1. The summed E-state index contributed by atoms with van der Waals surface area (Å²) in [5.41, 5.74) is -0.451. The van der Waals surface area contributed by atoms with Gasteiger partial charge in [0.2, 0.25) is 5.13 Å². The van der Waals surface area contributed by atoms with E-state index in [9.17, 15) is 18.0 Å². The van der Waals surface area contributed by atoms with Crippen molar-refractivity contribution in [3.8, 4) is 5.13 Å². The van der Waals surface area contributed by atoms with Crippen LogP contribution >= 0.6 is 11.3 Å². The molecule has 0 unspecified atom stereocenters. The molecule has 2 heterocycles. The molecule has 1 N–H and O–H groups in total. The molecule has 25 heavy (non-hydrogen) atoms. The molecule has 3 aromatic rings. The van der Waals surface area contributed by atoms with Gasteiger partial charge in [0.15, 0.2) is 11.4 Å². The normalized spacial score (nSPS) is 12.0. The minimum atomic E-state index is -4.65. The van der Waals surface area contributed by atoms with Gasteiger partial charge in [0.25, 0.3) is 0 Å². The van der Waals surface area contributed by atoms with Gasteiger partial charge in [-0.25, -0.2) is 14.5 Å². The Bertz CT molecular complexity index is 930. The van der Waals surface area contributed by atoms with Crippen molar-refractivity contribution in [3.63, 3.8) is 0 Å². The van der Waals surface area contributed by atoms with Gasteiger partial charge in [0.05, 0.1) is 5.69 Å². The van der Waals surface area contributed by atoms with Crippen LogP contribution in [0, 0.1) is 0 Å². The minimum Gasteiger partial charge on any atom is -0.476 e. The van der Waals surface area contributed by atoms with Crippen LogP contribution in [0.15, 0.2) is 41.8 Å². The summed E-state index contributed by atoms with van der Waals surface area (Å²) in [6, 6.07) is 9.94. The van der Waals surface area contributed by atoms with E-state index < -0.39 is 17.8 Å². The summed E-state index contributed by atoms with van der Waals surface area (Å²) < 4.78 is 40.4. The second-order valence-electron chi connectivity index (χ2n) is 4.93. The number of aromatic nitrogens is 3. The molecule has 9 heteroatoms. The maximum absolute atomic E-state index is 13.3. The highest BCUT2D eigenvalue weighted by atomic mass is 32.1. The fourth-order valence-corrected chi connectivity index (χ4v) is 2.79. The Morgan fingerprint density at radius 1 is 1.20 bits per heavy atom. The number of benzene rings is 1. The highest BCUT2D eigenvalue weighted by molar-refractivity contribution is 7.12. The molecule has 128 valence electrons. The quantitative estimate of drug-likeness (QED) is 0.752. The van der Waals surface area contributed by atoms with E-state index in [1.54, 1.807) is 18.2 Å². The topological polar surface area (TPSA) is 68.0 Å². The number of rotatable bonds is 4. The van der Waals surface area contributed by atoms with Crippen LogP contribution in [-0.2, 0) is 6.18 Å². The molecule has 5 nitrogen and oxygen atoms in total. The summed E-state index contributed by atoms with van der Waals surface area (Å²) in [5, 5.41) is 13.8. The lowest BCUT2D eigenvalue weighted by Gasteiger charge is -2.06. The first-order valence-electron chi connectivity index (χ1n) is 6.94. The Kier molecular flexibility index (Phi) is 4.41. The zero-order valence-corrected chi connectivity index (χ0v) is 13.3. The number of carboxylic acids is 1. The number of halogens is 3. The van der Waals surface area contributed by atoms with Gasteiger partial charge in [-0.05, 0) is 17.7 Å². The molecule has 0 saturated carbocycles. The second kappa shape index (κ2) is 6.52. The number of alkyl halides is 3. The molecule has 0 fully saturated rings. The van der Waals surface area contributed by atoms with Gasteiger partial charge < -0.3 is 5.11 Å². The number of nitrogens with zero attached hydrogens (tertiary/aromatic N) is 3. The Morgan fingerprint density at radius 2 is 1.92 bits per heavy atom. The van der Waals surface area contributed by atoms with Crippen molar-refractivity contribution in [1.82, 2.24) is 14.8 Å². The summed E-state index contributed by atoms with van der Waals surface area (Å²) >= 11 is 0.773. The molecule has 0 radical (unpaired) electrons. The fourth-order valence-electron chi connectivity index (χ4n) is 2.03. The number of carboxylic acid groups (broad SMARTS) is 1. The monoisotopic (exact) mass is 365 g/mol. The molecule has 0 bridgehead atoms. The number of carbonyl (C=O) groups is 1. The van der Waals surface area contributed by atoms with Crippen molar-refractivity contribution >= 4 is 29.5 Å². The predicted molar refractivity (Wildman–Crippen MR) is 86.6 cm³/mol.